The molecule has 0 radical (unpaired) electrons. The van der Waals surface area contributed by atoms with Crippen LogP contribution in [0.25, 0.3) is 0 Å². The van der Waals surface area contributed by atoms with E-state index in [4.69, 9.17) is 0 Å². The largest absolute Gasteiger partial charge is 0.345 e. The van der Waals surface area contributed by atoms with Gasteiger partial charge in [-0.3, -0.25) is 4.79 Å². The van der Waals surface area contributed by atoms with Crippen LogP contribution in [0.4, 0.5) is 4.39 Å². The van der Waals surface area contributed by atoms with Crippen LogP contribution in [-0.4, -0.2) is 22.1 Å². The molecular weight excluding hydrogens is 209 g/mol. The van der Waals surface area contributed by atoms with Gasteiger partial charge in [0, 0.05) is 12.5 Å². The van der Waals surface area contributed by atoms with Crippen molar-refractivity contribution in [2.24, 2.45) is 12.5 Å². The standard InChI is InChI=1S/C11H18FN3O/c1-11(2,3)10(16)14-8(5-12)9-6-13-7-15(9)4/h6-8H,5H2,1-4H3,(H,14,16). The number of aryl methyl sites for hydroxylation is 1. The van der Waals surface area contributed by atoms with E-state index in [0.29, 0.717) is 5.69 Å². The quantitative estimate of drug-likeness (QED) is 0.852. The van der Waals surface area contributed by atoms with E-state index in [0.717, 1.165) is 0 Å². The molecular formula is C11H18FN3O. The zero-order valence-corrected chi connectivity index (χ0v) is 10.1. The number of amides is 1. The van der Waals surface area contributed by atoms with E-state index < -0.39 is 18.1 Å². The summed E-state index contributed by atoms with van der Waals surface area (Å²) in [4.78, 5) is 15.6. The van der Waals surface area contributed by atoms with Crippen LogP contribution >= 0.6 is 0 Å². The molecule has 1 heterocycles. The van der Waals surface area contributed by atoms with Gasteiger partial charge in [0.05, 0.1) is 24.3 Å². The van der Waals surface area contributed by atoms with Gasteiger partial charge in [0.2, 0.25) is 5.91 Å². The maximum atomic E-state index is 12.9. The summed E-state index contributed by atoms with van der Waals surface area (Å²) in [6.45, 7) is 4.74. The monoisotopic (exact) mass is 227 g/mol. The van der Waals surface area contributed by atoms with Crippen molar-refractivity contribution in [3.8, 4) is 0 Å². The predicted octanol–water partition coefficient (Wildman–Crippen LogP) is 1.59. The molecule has 0 aliphatic carbocycles. The first-order valence-electron chi connectivity index (χ1n) is 5.19. The first kappa shape index (κ1) is 12.7. The van der Waals surface area contributed by atoms with Crippen molar-refractivity contribution in [1.82, 2.24) is 14.9 Å². The normalized spacial score (nSPS) is 13.6. The second-order valence-corrected chi connectivity index (χ2v) is 4.86. The van der Waals surface area contributed by atoms with Crippen molar-refractivity contribution in [3.63, 3.8) is 0 Å². The number of hydrogen-bond donors (Lipinski definition) is 1. The fraction of sp³-hybridized carbons (Fsp3) is 0.636. The third kappa shape index (κ3) is 2.81. The molecule has 1 atom stereocenters. The van der Waals surface area contributed by atoms with E-state index in [2.05, 4.69) is 10.3 Å². The Kier molecular flexibility index (Phi) is 3.67. The Hall–Kier alpha value is -1.39. The van der Waals surface area contributed by atoms with Crippen LogP contribution in [0.3, 0.4) is 0 Å². The van der Waals surface area contributed by atoms with Crippen LogP contribution in [0.15, 0.2) is 12.5 Å². The average Bonchev–Trinajstić information content (AvgIpc) is 2.59. The SMILES string of the molecule is Cn1cncc1C(CF)NC(=O)C(C)(C)C. The Morgan fingerprint density at radius 2 is 2.25 bits per heavy atom. The van der Waals surface area contributed by atoms with E-state index >= 15 is 0 Å². The van der Waals surface area contributed by atoms with Crippen LogP contribution in [0, 0.1) is 5.41 Å². The number of nitrogens with one attached hydrogen (secondary N) is 1. The van der Waals surface area contributed by atoms with Gasteiger partial charge in [0.1, 0.15) is 6.67 Å². The van der Waals surface area contributed by atoms with Crippen molar-refractivity contribution in [3.05, 3.63) is 18.2 Å². The molecule has 1 amide bonds. The van der Waals surface area contributed by atoms with Gasteiger partial charge in [0.15, 0.2) is 0 Å². The minimum atomic E-state index is -0.638. The summed E-state index contributed by atoms with van der Waals surface area (Å²) in [6.07, 6.45) is 3.15. The minimum absolute atomic E-state index is 0.170. The lowest BCUT2D eigenvalue weighted by molar-refractivity contribution is -0.129. The summed E-state index contributed by atoms with van der Waals surface area (Å²) < 4.78 is 14.6. The number of carbonyl (C=O) groups is 1. The number of aromatic nitrogens is 2. The van der Waals surface area contributed by atoms with Gasteiger partial charge in [0.25, 0.3) is 0 Å². The Morgan fingerprint density at radius 3 is 2.62 bits per heavy atom. The number of carbonyl (C=O) groups excluding carboxylic acids is 1. The van der Waals surface area contributed by atoms with Gasteiger partial charge in [-0.05, 0) is 0 Å². The maximum absolute atomic E-state index is 12.9. The first-order chi connectivity index (χ1) is 7.36. The molecule has 0 aliphatic rings. The van der Waals surface area contributed by atoms with E-state index in [1.165, 1.54) is 0 Å². The molecule has 0 saturated heterocycles. The van der Waals surface area contributed by atoms with Gasteiger partial charge >= 0.3 is 0 Å². The van der Waals surface area contributed by atoms with Crippen LogP contribution in [0.5, 0.6) is 0 Å². The molecule has 0 saturated carbocycles. The van der Waals surface area contributed by atoms with Crippen molar-refractivity contribution >= 4 is 5.91 Å². The maximum Gasteiger partial charge on any atom is 0.225 e. The Balaban J connectivity index is 2.78. The zero-order chi connectivity index (χ0) is 12.3. The molecule has 1 unspecified atom stereocenters. The summed E-state index contributed by atoms with van der Waals surface area (Å²) >= 11 is 0. The molecule has 1 rings (SSSR count). The number of alkyl halides is 1. The average molecular weight is 227 g/mol. The Labute approximate surface area is 94.9 Å². The molecule has 1 aromatic rings. The fourth-order valence-electron chi connectivity index (χ4n) is 1.27. The number of hydrogen-bond acceptors (Lipinski definition) is 2. The molecule has 0 spiro atoms. The number of halogens is 1. The molecule has 1 aromatic heterocycles. The van der Waals surface area contributed by atoms with Crippen molar-refractivity contribution in [2.45, 2.75) is 26.8 Å². The lowest BCUT2D eigenvalue weighted by Crippen LogP contribution is -2.38. The van der Waals surface area contributed by atoms with E-state index in [1.54, 1.807) is 44.9 Å². The summed E-state index contributed by atoms with van der Waals surface area (Å²) in [6, 6.07) is -0.626. The minimum Gasteiger partial charge on any atom is -0.345 e. The highest BCUT2D eigenvalue weighted by Crippen LogP contribution is 2.18. The summed E-state index contributed by atoms with van der Waals surface area (Å²) in [5.41, 5.74) is 0.145. The van der Waals surface area contributed by atoms with Crippen LogP contribution in [0.2, 0.25) is 0 Å². The highest BCUT2D eigenvalue weighted by atomic mass is 19.1. The summed E-state index contributed by atoms with van der Waals surface area (Å²) in [7, 11) is 1.77. The number of nitrogens with zero attached hydrogens (tertiary/aromatic N) is 2. The highest BCUT2D eigenvalue weighted by molar-refractivity contribution is 5.81. The molecule has 90 valence electrons. The molecule has 0 aromatic carbocycles. The lowest BCUT2D eigenvalue weighted by atomic mass is 9.95. The van der Waals surface area contributed by atoms with E-state index in [9.17, 15) is 9.18 Å². The zero-order valence-electron chi connectivity index (χ0n) is 10.1. The van der Waals surface area contributed by atoms with Crippen molar-refractivity contribution < 1.29 is 9.18 Å². The van der Waals surface area contributed by atoms with E-state index in [-0.39, 0.29) is 5.91 Å². The lowest BCUT2D eigenvalue weighted by Gasteiger charge is -2.22. The van der Waals surface area contributed by atoms with Gasteiger partial charge in [-0.15, -0.1) is 0 Å². The number of imidazole rings is 1. The molecule has 16 heavy (non-hydrogen) atoms. The summed E-state index contributed by atoms with van der Waals surface area (Å²) in [5, 5.41) is 2.68. The number of rotatable bonds is 3. The molecule has 0 fully saturated rings. The third-order valence-corrected chi connectivity index (χ3v) is 2.35. The molecule has 5 heteroatoms. The van der Waals surface area contributed by atoms with Crippen LogP contribution in [-0.2, 0) is 11.8 Å². The predicted molar refractivity (Wildman–Crippen MR) is 59.5 cm³/mol. The fourth-order valence-corrected chi connectivity index (χ4v) is 1.27. The van der Waals surface area contributed by atoms with Crippen molar-refractivity contribution in [2.75, 3.05) is 6.67 Å². The Morgan fingerprint density at radius 1 is 1.62 bits per heavy atom. The first-order valence-corrected chi connectivity index (χ1v) is 5.19. The highest BCUT2D eigenvalue weighted by Gasteiger charge is 2.25. The topological polar surface area (TPSA) is 46.9 Å². The van der Waals surface area contributed by atoms with Gasteiger partial charge < -0.3 is 9.88 Å². The smallest absolute Gasteiger partial charge is 0.225 e. The van der Waals surface area contributed by atoms with Crippen LogP contribution < -0.4 is 5.32 Å². The van der Waals surface area contributed by atoms with Crippen LogP contribution in [0.1, 0.15) is 32.5 Å². The molecule has 1 N–H and O–H groups in total. The van der Waals surface area contributed by atoms with Crippen molar-refractivity contribution in [1.29, 1.82) is 0 Å². The Bertz CT molecular complexity index is 368. The second kappa shape index (κ2) is 4.63. The molecule has 0 bridgehead atoms. The molecule has 0 aliphatic heterocycles. The summed E-state index contributed by atoms with van der Waals surface area (Å²) in [5.74, 6) is -0.170. The molecule has 4 nitrogen and oxygen atoms in total. The third-order valence-electron chi connectivity index (χ3n) is 2.35. The van der Waals surface area contributed by atoms with E-state index in [1.807, 2.05) is 0 Å². The van der Waals surface area contributed by atoms with Gasteiger partial charge in [-0.1, -0.05) is 20.8 Å². The van der Waals surface area contributed by atoms with Gasteiger partial charge in [-0.25, -0.2) is 9.37 Å². The van der Waals surface area contributed by atoms with Gasteiger partial charge in [-0.2, -0.15) is 0 Å². The second-order valence-electron chi connectivity index (χ2n) is 4.86.